The van der Waals surface area contributed by atoms with E-state index in [9.17, 15) is 4.79 Å². The first-order valence-electron chi connectivity index (χ1n) is 8.78. The summed E-state index contributed by atoms with van der Waals surface area (Å²) < 4.78 is 16.9. The fourth-order valence-corrected chi connectivity index (χ4v) is 3.10. The molecule has 0 unspecified atom stereocenters. The minimum Gasteiger partial charge on any atom is -0.488 e. The van der Waals surface area contributed by atoms with Gasteiger partial charge in [0.15, 0.2) is 11.5 Å². The van der Waals surface area contributed by atoms with E-state index in [0.29, 0.717) is 25.3 Å². The highest BCUT2D eigenvalue weighted by Gasteiger charge is 2.32. The van der Waals surface area contributed by atoms with Crippen molar-refractivity contribution < 1.29 is 19.0 Å². The van der Waals surface area contributed by atoms with Gasteiger partial charge in [0.1, 0.15) is 12.2 Å². The standard InChI is InChI=1S/C21H25NO4/c1-21(2)13-17-8-5-9-18(19(17)26-21)25-11-10-22-20(23)16-7-4-6-15(12-16)14-24-3/h4-9,12H,10-11,13-14H2,1-3H3,(H,22,23). The molecule has 0 atom stereocenters. The molecule has 0 saturated heterocycles. The summed E-state index contributed by atoms with van der Waals surface area (Å²) in [5.41, 5.74) is 2.54. The van der Waals surface area contributed by atoms with Crippen LogP contribution < -0.4 is 14.8 Å². The largest absolute Gasteiger partial charge is 0.488 e. The van der Waals surface area contributed by atoms with Crippen molar-refractivity contribution in [3.63, 3.8) is 0 Å². The first-order chi connectivity index (χ1) is 12.5. The second kappa shape index (κ2) is 7.79. The normalized spacial score (nSPS) is 14.4. The number of fused-ring (bicyclic) bond motifs is 1. The van der Waals surface area contributed by atoms with Crippen LogP contribution in [0.3, 0.4) is 0 Å². The molecule has 2 aromatic carbocycles. The molecule has 0 bridgehead atoms. The Kier molecular flexibility index (Phi) is 5.47. The van der Waals surface area contributed by atoms with E-state index >= 15 is 0 Å². The molecule has 1 N–H and O–H groups in total. The Morgan fingerprint density at radius 2 is 2.04 bits per heavy atom. The van der Waals surface area contributed by atoms with Crippen molar-refractivity contribution in [2.24, 2.45) is 0 Å². The lowest BCUT2D eigenvalue weighted by Gasteiger charge is -2.18. The van der Waals surface area contributed by atoms with Crippen LogP contribution in [-0.2, 0) is 17.8 Å². The molecular formula is C21H25NO4. The summed E-state index contributed by atoms with van der Waals surface area (Å²) in [7, 11) is 1.63. The van der Waals surface area contributed by atoms with Gasteiger partial charge in [-0.25, -0.2) is 0 Å². The number of para-hydroxylation sites is 1. The molecule has 5 nitrogen and oxygen atoms in total. The molecule has 0 radical (unpaired) electrons. The van der Waals surface area contributed by atoms with E-state index in [4.69, 9.17) is 14.2 Å². The Hall–Kier alpha value is -2.53. The number of methoxy groups -OCH3 is 1. The molecule has 0 aliphatic carbocycles. The molecule has 1 amide bonds. The smallest absolute Gasteiger partial charge is 0.251 e. The predicted octanol–water partition coefficient (Wildman–Crippen LogP) is 3.36. The van der Waals surface area contributed by atoms with Gasteiger partial charge in [0.05, 0.1) is 13.2 Å². The lowest BCUT2D eigenvalue weighted by Crippen LogP contribution is -2.28. The Balaban J connectivity index is 1.52. The number of hydrogen-bond donors (Lipinski definition) is 1. The molecule has 0 aromatic heterocycles. The highest BCUT2D eigenvalue weighted by Crippen LogP contribution is 2.41. The second-order valence-electron chi connectivity index (χ2n) is 7.02. The van der Waals surface area contributed by atoms with Crippen LogP contribution in [0.4, 0.5) is 0 Å². The van der Waals surface area contributed by atoms with Crippen molar-refractivity contribution in [3.05, 3.63) is 59.2 Å². The highest BCUT2D eigenvalue weighted by atomic mass is 16.5. The SMILES string of the molecule is COCc1cccc(C(=O)NCCOc2cccc3c2OC(C)(C)C3)c1. The third-order valence-electron chi connectivity index (χ3n) is 4.20. The zero-order chi connectivity index (χ0) is 18.6. The number of rotatable bonds is 7. The molecule has 1 aliphatic heterocycles. The van der Waals surface area contributed by atoms with Gasteiger partial charge in [0, 0.05) is 24.7 Å². The van der Waals surface area contributed by atoms with E-state index in [0.717, 1.165) is 29.0 Å². The van der Waals surface area contributed by atoms with E-state index in [1.807, 2.05) is 30.3 Å². The fraction of sp³-hybridized carbons (Fsp3) is 0.381. The Morgan fingerprint density at radius 3 is 2.85 bits per heavy atom. The number of hydrogen-bond acceptors (Lipinski definition) is 4. The van der Waals surface area contributed by atoms with Gasteiger partial charge in [0.2, 0.25) is 0 Å². The molecule has 0 spiro atoms. The van der Waals surface area contributed by atoms with Gasteiger partial charge in [-0.05, 0) is 37.6 Å². The van der Waals surface area contributed by atoms with Crippen LogP contribution in [0.1, 0.15) is 35.3 Å². The Labute approximate surface area is 154 Å². The molecule has 26 heavy (non-hydrogen) atoms. The van der Waals surface area contributed by atoms with Crippen molar-refractivity contribution in [1.29, 1.82) is 0 Å². The summed E-state index contributed by atoms with van der Waals surface area (Å²) >= 11 is 0. The number of ether oxygens (including phenoxy) is 3. The number of carbonyl (C=O) groups excluding carboxylic acids is 1. The van der Waals surface area contributed by atoms with Gasteiger partial charge in [-0.15, -0.1) is 0 Å². The Bertz CT molecular complexity index is 785. The van der Waals surface area contributed by atoms with Gasteiger partial charge in [-0.1, -0.05) is 24.3 Å². The monoisotopic (exact) mass is 355 g/mol. The maximum Gasteiger partial charge on any atom is 0.251 e. The minimum absolute atomic E-state index is 0.123. The van der Waals surface area contributed by atoms with Crippen molar-refractivity contribution in [2.75, 3.05) is 20.3 Å². The number of carbonyl (C=O) groups is 1. The van der Waals surface area contributed by atoms with Crippen molar-refractivity contribution >= 4 is 5.91 Å². The van der Waals surface area contributed by atoms with Crippen molar-refractivity contribution in [1.82, 2.24) is 5.32 Å². The number of amides is 1. The average Bonchev–Trinajstić information content (AvgIpc) is 2.93. The fourth-order valence-electron chi connectivity index (χ4n) is 3.10. The molecule has 2 aromatic rings. The highest BCUT2D eigenvalue weighted by molar-refractivity contribution is 5.94. The van der Waals surface area contributed by atoms with Gasteiger partial charge in [-0.2, -0.15) is 0 Å². The van der Waals surface area contributed by atoms with E-state index in [1.54, 1.807) is 13.2 Å². The second-order valence-corrected chi connectivity index (χ2v) is 7.02. The lowest BCUT2D eigenvalue weighted by atomic mass is 10.0. The predicted molar refractivity (Wildman–Crippen MR) is 99.8 cm³/mol. The zero-order valence-corrected chi connectivity index (χ0v) is 15.5. The van der Waals surface area contributed by atoms with Gasteiger partial charge < -0.3 is 19.5 Å². The van der Waals surface area contributed by atoms with Crippen LogP contribution in [0.2, 0.25) is 0 Å². The van der Waals surface area contributed by atoms with E-state index in [1.165, 1.54) is 0 Å². The first-order valence-corrected chi connectivity index (χ1v) is 8.78. The molecular weight excluding hydrogens is 330 g/mol. The van der Waals surface area contributed by atoms with Crippen LogP contribution in [0.5, 0.6) is 11.5 Å². The molecule has 138 valence electrons. The average molecular weight is 355 g/mol. The molecule has 1 aliphatic rings. The topological polar surface area (TPSA) is 56.8 Å². The summed E-state index contributed by atoms with van der Waals surface area (Å²) in [5.74, 6) is 1.42. The third kappa shape index (κ3) is 4.35. The molecule has 3 rings (SSSR count). The first kappa shape index (κ1) is 18.3. The summed E-state index contributed by atoms with van der Waals surface area (Å²) in [6.07, 6.45) is 0.869. The van der Waals surface area contributed by atoms with Crippen LogP contribution in [0, 0.1) is 0 Å². The molecule has 5 heteroatoms. The minimum atomic E-state index is -0.205. The maximum atomic E-state index is 12.3. The van der Waals surface area contributed by atoms with Gasteiger partial charge in [-0.3, -0.25) is 4.79 Å². The van der Waals surface area contributed by atoms with E-state index in [2.05, 4.69) is 25.2 Å². The maximum absolute atomic E-state index is 12.3. The van der Waals surface area contributed by atoms with Crippen LogP contribution in [-0.4, -0.2) is 31.8 Å². The quantitative estimate of drug-likeness (QED) is 0.774. The van der Waals surface area contributed by atoms with Crippen molar-refractivity contribution in [3.8, 4) is 11.5 Å². The molecule has 0 fully saturated rings. The summed E-state index contributed by atoms with van der Waals surface area (Å²) in [6, 6.07) is 13.3. The molecule has 1 heterocycles. The number of nitrogens with one attached hydrogen (secondary N) is 1. The van der Waals surface area contributed by atoms with Crippen LogP contribution in [0.15, 0.2) is 42.5 Å². The van der Waals surface area contributed by atoms with Gasteiger partial charge >= 0.3 is 0 Å². The van der Waals surface area contributed by atoms with E-state index in [-0.39, 0.29) is 11.5 Å². The van der Waals surface area contributed by atoms with Gasteiger partial charge in [0.25, 0.3) is 5.91 Å². The van der Waals surface area contributed by atoms with Crippen molar-refractivity contribution in [2.45, 2.75) is 32.5 Å². The molecule has 0 saturated carbocycles. The van der Waals surface area contributed by atoms with Crippen LogP contribution >= 0.6 is 0 Å². The summed E-state index contributed by atoms with van der Waals surface area (Å²) in [5, 5.41) is 2.88. The number of benzene rings is 2. The lowest BCUT2D eigenvalue weighted by molar-refractivity contribution is 0.0946. The third-order valence-corrected chi connectivity index (χ3v) is 4.20. The summed E-state index contributed by atoms with van der Waals surface area (Å²) in [6.45, 7) is 5.41. The zero-order valence-electron chi connectivity index (χ0n) is 15.5. The Morgan fingerprint density at radius 1 is 1.23 bits per heavy atom. The van der Waals surface area contributed by atoms with E-state index < -0.39 is 0 Å². The summed E-state index contributed by atoms with van der Waals surface area (Å²) in [4.78, 5) is 12.3. The van der Waals surface area contributed by atoms with Crippen LogP contribution in [0.25, 0.3) is 0 Å².